The zero-order valence-corrected chi connectivity index (χ0v) is 18.2. The number of ether oxygens (including phenoxy) is 1. The van der Waals surface area contributed by atoms with Crippen molar-refractivity contribution in [2.24, 2.45) is 0 Å². The van der Waals surface area contributed by atoms with Gasteiger partial charge in [0.1, 0.15) is 0 Å². The van der Waals surface area contributed by atoms with E-state index in [4.69, 9.17) is 9.15 Å². The van der Waals surface area contributed by atoms with Gasteiger partial charge in [-0.1, -0.05) is 12.1 Å². The second-order valence-electron chi connectivity index (χ2n) is 7.58. The van der Waals surface area contributed by atoms with Crippen LogP contribution in [0.25, 0.3) is 22.8 Å². The highest BCUT2D eigenvalue weighted by atomic mass is 19.3. The van der Waals surface area contributed by atoms with Crippen LogP contribution in [0.3, 0.4) is 0 Å². The number of amides is 2. The number of nitrogens with zero attached hydrogens (tertiary/aromatic N) is 8. The van der Waals surface area contributed by atoms with Gasteiger partial charge in [0.2, 0.25) is 11.7 Å². The summed E-state index contributed by atoms with van der Waals surface area (Å²) in [6.07, 6.45) is 0.306. The summed E-state index contributed by atoms with van der Waals surface area (Å²) in [5, 5.41) is 22.3. The Balaban J connectivity index is 1.23. The number of nitrogens with one attached hydrogen (secondary N) is 1. The van der Waals surface area contributed by atoms with Gasteiger partial charge in [0.25, 0.3) is 5.89 Å². The van der Waals surface area contributed by atoms with E-state index in [1.54, 1.807) is 47.6 Å². The Kier molecular flexibility index (Phi) is 6.34. The lowest BCUT2D eigenvalue weighted by molar-refractivity contribution is 0.0564. The number of tetrazole rings is 1. The lowest BCUT2D eigenvalue weighted by Crippen LogP contribution is -2.43. The second-order valence-corrected chi connectivity index (χ2v) is 7.58. The first-order valence-electron chi connectivity index (χ1n) is 10.6. The minimum Gasteiger partial charge on any atom is -0.415 e. The van der Waals surface area contributed by atoms with Crippen molar-refractivity contribution in [3.63, 3.8) is 0 Å². The van der Waals surface area contributed by atoms with Crippen LogP contribution in [0.15, 0.2) is 47.1 Å². The van der Waals surface area contributed by atoms with Gasteiger partial charge in [-0.3, -0.25) is 4.98 Å². The predicted octanol–water partition coefficient (Wildman–Crippen LogP) is 2.64. The van der Waals surface area contributed by atoms with E-state index in [9.17, 15) is 13.6 Å². The fraction of sp³-hybridized carbons (Fsp3) is 0.286. The molecule has 2 amide bonds. The van der Waals surface area contributed by atoms with E-state index in [1.807, 2.05) is 0 Å². The van der Waals surface area contributed by atoms with E-state index in [0.717, 1.165) is 5.56 Å². The summed E-state index contributed by atoms with van der Waals surface area (Å²) in [5.41, 5.74) is 2.47. The highest BCUT2D eigenvalue weighted by Crippen LogP contribution is 2.23. The number of hydrogen-bond acceptors (Lipinski definition) is 9. The Labute approximate surface area is 196 Å². The van der Waals surface area contributed by atoms with Gasteiger partial charge in [-0.05, 0) is 29.0 Å². The first-order valence-corrected chi connectivity index (χ1v) is 10.6. The van der Waals surface area contributed by atoms with E-state index in [-0.39, 0.29) is 11.9 Å². The Hall–Kier alpha value is -4.33. The smallest absolute Gasteiger partial charge is 0.322 e. The van der Waals surface area contributed by atoms with Gasteiger partial charge in [0, 0.05) is 30.4 Å². The van der Waals surface area contributed by atoms with Gasteiger partial charge < -0.3 is 19.4 Å². The fourth-order valence-electron chi connectivity index (χ4n) is 3.38. The van der Waals surface area contributed by atoms with Crippen molar-refractivity contribution in [3.05, 3.63) is 54.2 Å². The summed E-state index contributed by atoms with van der Waals surface area (Å²) in [4.78, 5) is 19.6. The molecule has 0 saturated carbocycles. The maximum absolute atomic E-state index is 12.6. The molecule has 0 bridgehead atoms. The third-order valence-electron chi connectivity index (χ3n) is 5.15. The van der Waals surface area contributed by atoms with Crippen LogP contribution in [0, 0.1) is 0 Å². The van der Waals surface area contributed by atoms with Crippen molar-refractivity contribution in [1.29, 1.82) is 0 Å². The molecule has 0 radical (unpaired) electrons. The highest BCUT2D eigenvalue weighted by Gasteiger charge is 2.18. The average Bonchev–Trinajstić information content (AvgIpc) is 3.56. The number of pyridine rings is 1. The fourth-order valence-corrected chi connectivity index (χ4v) is 3.38. The Morgan fingerprint density at radius 2 is 1.86 bits per heavy atom. The summed E-state index contributed by atoms with van der Waals surface area (Å²) in [6, 6.07) is 8.40. The van der Waals surface area contributed by atoms with E-state index in [0.29, 0.717) is 55.5 Å². The maximum Gasteiger partial charge on any atom is 0.322 e. The van der Waals surface area contributed by atoms with Crippen LogP contribution in [-0.2, 0) is 11.3 Å². The summed E-state index contributed by atoms with van der Waals surface area (Å²) >= 11 is 0. The molecular weight excluding hydrogens is 464 g/mol. The van der Waals surface area contributed by atoms with Crippen LogP contribution in [0.2, 0.25) is 0 Å². The summed E-state index contributed by atoms with van der Waals surface area (Å²) in [7, 11) is 0. The lowest BCUT2D eigenvalue weighted by atomic mass is 10.1. The third-order valence-corrected chi connectivity index (χ3v) is 5.15. The van der Waals surface area contributed by atoms with Crippen molar-refractivity contribution >= 4 is 11.7 Å². The molecule has 1 fully saturated rings. The molecule has 0 unspecified atom stereocenters. The molecule has 0 atom stereocenters. The molecule has 12 nitrogen and oxygen atoms in total. The van der Waals surface area contributed by atoms with E-state index in [2.05, 4.69) is 35.9 Å². The number of carbonyl (C=O) groups is 1. The van der Waals surface area contributed by atoms with Gasteiger partial charge in [0.05, 0.1) is 31.6 Å². The number of alkyl halides is 2. The zero-order valence-electron chi connectivity index (χ0n) is 18.2. The molecule has 1 N–H and O–H groups in total. The van der Waals surface area contributed by atoms with Crippen LogP contribution in [0.1, 0.15) is 17.9 Å². The molecule has 35 heavy (non-hydrogen) atoms. The molecule has 4 aromatic rings. The number of benzene rings is 1. The normalized spacial score (nSPS) is 13.9. The zero-order chi connectivity index (χ0) is 24.2. The molecule has 0 aliphatic carbocycles. The van der Waals surface area contributed by atoms with Crippen molar-refractivity contribution in [1.82, 2.24) is 40.3 Å². The van der Waals surface area contributed by atoms with Gasteiger partial charge in [-0.25, -0.2) is 4.79 Å². The Morgan fingerprint density at radius 3 is 2.60 bits per heavy atom. The minimum atomic E-state index is -2.82. The molecule has 0 spiro atoms. The number of hydrogen-bond donors (Lipinski definition) is 1. The lowest BCUT2D eigenvalue weighted by Gasteiger charge is -2.26. The average molecular weight is 483 g/mol. The molecule has 1 aliphatic rings. The third kappa shape index (κ3) is 5.27. The summed E-state index contributed by atoms with van der Waals surface area (Å²) in [6.45, 7) is 2.40. The van der Waals surface area contributed by atoms with Gasteiger partial charge in [-0.2, -0.15) is 13.6 Å². The number of urea groups is 1. The molecule has 14 heteroatoms. The minimum absolute atomic E-state index is 0.0149. The standard InChI is InChI=1S/C21H19F2N9O3/c22-17(23)20-28-27-19(35-20)14-3-1-13(2-4-14)12-32-29-18(26-30-32)15-9-16(11-24-10-15)25-21(33)31-5-7-34-8-6-31/h1-4,9-11,17H,5-8,12H2,(H,25,33). The molecule has 4 heterocycles. The summed E-state index contributed by atoms with van der Waals surface area (Å²) < 4.78 is 35.5. The van der Waals surface area contributed by atoms with Gasteiger partial charge in [-0.15, -0.1) is 20.4 Å². The molecule has 1 aromatic carbocycles. The van der Waals surface area contributed by atoms with Crippen molar-refractivity contribution in [3.8, 4) is 22.8 Å². The van der Waals surface area contributed by atoms with Crippen molar-refractivity contribution in [2.75, 3.05) is 31.6 Å². The molecular formula is C21H19F2N9O3. The maximum atomic E-state index is 12.6. The molecule has 3 aromatic heterocycles. The van der Waals surface area contributed by atoms with E-state index < -0.39 is 12.3 Å². The quantitative estimate of drug-likeness (QED) is 0.439. The highest BCUT2D eigenvalue weighted by molar-refractivity contribution is 5.89. The predicted molar refractivity (Wildman–Crippen MR) is 116 cm³/mol. The molecule has 180 valence electrons. The van der Waals surface area contributed by atoms with E-state index in [1.165, 1.54) is 4.80 Å². The second kappa shape index (κ2) is 9.89. The number of rotatable bonds is 6. The van der Waals surface area contributed by atoms with Crippen molar-refractivity contribution in [2.45, 2.75) is 13.0 Å². The number of carbonyl (C=O) groups excluding carboxylic acids is 1. The first kappa shape index (κ1) is 22.5. The number of aromatic nitrogens is 7. The monoisotopic (exact) mass is 483 g/mol. The van der Waals surface area contributed by atoms with Crippen LogP contribution in [0.4, 0.5) is 19.3 Å². The Bertz CT molecular complexity index is 1300. The number of halogens is 2. The summed E-state index contributed by atoms with van der Waals surface area (Å²) in [5.74, 6) is -0.356. The molecule has 1 aliphatic heterocycles. The van der Waals surface area contributed by atoms with E-state index >= 15 is 0 Å². The van der Waals surface area contributed by atoms with Gasteiger partial charge in [0.15, 0.2) is 0 Å². The first-order chi connectivity index (χ1) is 17.0. The van der Waals surface area contributed by atoms with Crippen LogP contribution < -0.4 is 5.32 Å². The number of morpholine rings is 1. The largest absolute Gasteiger partial charge is 0.415 e. The van der Waals surface area contributed by atoms with Crippen molar-refractivity contribution < 1.29 is 22.7 Å². The van der Waals surface area contributed by atoms with Crippen LogP contribution in [-0.4, -0.2) is 72.6 Å². The Morgan fingerprint density at radius 1 is 1.06 bits per heavy atom. The molecule has 5 rings (SSSR count). The van der Waals surface area contributed by atoms with Gasteiger partial charge >= 0.3 is 12.5 Å². The van der Waals surface area contributed by atoms with Crippen LogP contribution >= 0.6 is 0 Å². The molecule has 1 saturated heterocycles. The SMILES string of the molecule is O=C(Nc1cncc(-c2nnn(Cc3ccc(-c4nnc(C(F)F)o4)cc3)n2)c1)N1CCOCC1. The number of anilines is 1. The van der Waals surface area contributed by atoms with Crippen LogP contribution in [0.5, 0.6) is 0 Å². The topological polar surface area (TPSA) is 137 Å².